The number of hydrogen-bond acceptors (Lipinski definition) is 1. The van der Waals surface area contributed by atoms with Crippen LogP contribution in [-0.2, 0) is 0 Å². The van der Waals surface area contributed by atoms with Crippen molar-refractivity contribution in [3.63, 3.8) is 0 Å². The first-order valence-corrected chi connectivity index (χ1v) is 4.39. The van der Waals surface area contributed by atoms with E-state index in [0.717, 1.165) is 0 Å². The lowest BCUT2D eigenvalue weighted by atomic mass is 9.67. The average Bonchev–Trinajstić information content (AvgIpc) is 1.62. The second-order valence-electron chi connectivity index (χ2n) is 4.65. The molecule has 1 unspecified atom stereocenters. The predicted octanol–water partition coefficient (Wildman–Crippen LogP) is 3.38. The third-order valence-electron chi connectivity index (χ3n) is 2.98. The van der Waals surface area contributed by atoms with Crippen molar-refractivity contribution < 1.29 is 0 Å². The Morgan fingerprint density at radius 2 is 1.30 bits per heavy atom. The molecule has 0 aliphatic rings. The van der Waals surface area contributed by atoms with Gasteiger partial charge in [-0.15, -0.1) is 0 Å². The van der Waals surface area contributed by atoms with Gasteiger partial charge >= 0.3 is 0 Å². The molecule has 0 nitrogen and oxygen atoms in total. The fraction of sp³-hybridized carbons (Fsp3) is 1.00. The van der Waals surface area contributed by atoms with E-state index in [1.165, 1.54) is 0 Å². The van der Waals surface area contributed by atoms with Crippen LogP contribution in [0.15, 0.2) is 0 Å². The molecule has 1 heteroatoms. The van der Waals surface area contributed by atoms with Crippen LogP contribution in [0.5, 0.6) is 0 Å². The second-order valence-corrected chi connectivity index (χ2v) is 5.42. The van der Waals surface area contributed by atoms with Gasteiger partial charge in [-0.3, -0.25) is 0 Å². The number of rotatable bonds is 1. The van der Waals surface area contributed by atoms with Crippen LogP contribution in [0.1, 0.15) is 41.5 Å². The normalized spacial score (nSPS) is 17.1. The standard InChI is InChI=1S/C9H20S/c1-7(10)9(5,6)8(2,3)4/h7,10H,1-6H3. The maximum Gasteiger partial charge on any atom is 0.00446 e. The number of thiol groups is 1. The maximum absolute atomic E-state index is 4.47. The van der Waals surface area contributed by atoms with Crippen LogP contribution < -0.4 is 0 Å². The molecule has 0 aromatic carbocycles. The highest BCUT2D eigenvalue weighted by Gasteiger charge is 2.35. The summed E-state index contributed by atoms with van der Waals surface area (Å²) in [6.07, 6.45) is 0. The first-order valence-electron chi connectivity index (χ1n) is 3.87. The molecule has 0 amide bonds. The molecule has 0 N–H and O–H groups in total. The van der Waals surface area contributed by atoms with Crippen molar-refractivity contribution >= 4 is 12.6 Å². The van der Waals surface area contributed by atoms with Crippen LogP contribution in [0.2, 0.25) is 0 Å². The Morgan fingerprint density at radius 3 is 1.30 bits per heavy atom. The first kappa shape index (κ1) is 10.3. The largest absolute Gasteiger partial charge is 0.176 e. The molecule has 0 bridgehead atoms. The summed E-state index contributed by atoms with van der Waals surface area (Å²) in [6.45, 7) is 13.5. The Bertz CT molecular complexity index is 106. The molecule has 0 fully saturated rings. The van der Waals surface area contributed by atoms with Crippen LogP contribution in [0.25, 0.3) is 0 Å². The molecular formula is C9H20S. The Labute approximate surface area is 70.8 Å². The van der Waals surface area contributed by atoms with Gasteiger partial charge in [-0.05, 0) is 10.8 Å². The van der Waals surface area contributed by atoms with Gasteiger partial charge in [0.25, 0.3) is 0 Å². The summed E-state index contributed by atoms with van der Waals surface area (Å²) < 4.78 is 0. The Hall–Kier alpha value is 0.350. The summed E-state index contributed by atoms with van der Waals surface area (Å²) >= 11 is 4.47. The molecule has 0 spiro atoms. The summed E-state index contributed by atoms with van der Waals surface area (Å²) in [7, 11) is 0. The van der Waals surface area contributed by atoms with Crippen LogP contribution in [0, 0.1) is 10.8 Å². The Balaban J connectivity index is 4.40. The highest BCUT2D eigenvalue weighted by Crippen LogP contribution is 2.42. The van der Waals surface area contributed by atoms with E-state index in [1.54, 1.807) is 0 Å². The van der Waals surface area contributed by atoms with Gasteiger partial charge in [-0.25, -0.2) is 0 Å². The lowest BCUT2D eigenvalue weighted by Gasteiger charge is -2.41. The van der Waals surface area contributed by atoms with Gasteiger partial charge in [-0.1, -0.05) is 41.5 Å². The van der Waals surface area contributed by atoms with Gasteiger partial charge in [0.05, 0.1) is 0 Å². The molecule has 0 saturated heterocycles. The Morgan fingerprint density at radius 1 is 1.00 bits per heavy atom. The third kappa shape index (κ3) is 1.91. The summed E-state index contributed by atoms with van der Waals surface area (Å²) in [5, 5.41) is 0.451. The molecule has 1 atom stereocenters. The lowest BCUT2D eigenvalue weighted by molar-refractivity contribution is 0.134. The van der Waals surface area contributed by atoms with Gasteiger partial charge in [-0.2, -0.15) is 12.6 Å². The van der Waals surface area contributed by atoms with Crippen molar-refractivity contribution in [2.24, 2.45) is 10.8 Å². The molecule has 0 rings (SSSR count). The SMILES string of the molecule is CC(S)C(C)(C)C(C)(C)C. The summed E-state index contributed by atoms with van der Waals surface area (Å²) in [5.41, 5.74) is 0.643. The molecule has 10 heavy (non-hydrogen) atoms. The molecular weight excluding hydrogens is 140 g/mol. The van der Waals surface area contributed by atoms with E-state index in [1.807, 2.05) is 0 Å². The van der Waals surface area contributed by atoms with Gasteiger partial charge in [0, 0.05) is 5.25 Å². The topological polar surface area (TPSA) is 0 Å². The van der Waals surface area contributed by atoms with E-state index in [0.29, 0.717) is 16.1 Å². The average molecular weight is 160 g/mol. The molecule has 62 valence electrons. The van der Waals surface area contributed by atoms with Gasteiger partial charge in [0.1, 0.15) is 0 Å². The fourth-order valence-electron chi connectivity index (χ4n) is 0.627. The van der Waals surface area contributed by atoms with Gasteiger partial charge in [0.2, 0.25) is 0 Å². The van der Waals surface area contributed by atoms with Gasteiger partial charge in [0.15, 0.2) is 0 Å². The Kier molecular flexibility index (Phi) is 2.86. The van der Waals surface area contributed by atoms with E-state index < -0.39 is 0 Å². The highest BCUT2D eigenvalue weighted by molar-refractivity contribution is 7.81. The fourth-order valence-corrected chi connectivity index (χ4v) is 1.01. The van der Waals surface area contributed by atoms with Crippen molar-refractivity contribution in [1.29, 1.82) is 0 Å². The lowest BCUT2D eigenvalue weighted by Crippen LogP contribution is -2.36. The van der Waals surface area contributed by atoms with Crippen molar-refractivity contribution in [2.75, 3.05) is 0 Å². The summed E-state index contributed by atoms with van der Waals surface area (Å²) in [6, 6.07) is 0. The minimum absolute atomic E-state index is 0.302. The van der Waals surface area contributed by atoms with Crippen molar-refractivity contribution in [1.82, 2.24) is 0 Å². The van der Waals surface area contributed by atoms with Crippen LogP contribution >= 0.6 is 12.6 Å². The zero-order valence-corrected chi connectivity index (χ0v) is 8.92. The molecule has 0 aliphatic carbocycles. The van der Waals surface area contributed by atoms with Crippen LogP contribution in [0.3, 0.4) is 0 Å². The molecule has 0 aromatic rings. The van der Waals surface area contributed by atoms with Crippen LogP contribution in [0.4, 0.5) is 0 Å². The van der Waals surface area contributed by atoms with E-state index >= 15 is 0 Å². The van der Waals surface area contributed by atoms with Gasteiger partial charge < -0.3 is 0 Å². The third-order valence-corrected chi connectivity index (χ3v) is 3.62. The molecule has 0 radical (unpaired) electrons. The minimum Gasteiger partial charge on any atom is -0.176 e. The summed E-state index contributed by atoms with van der Waals surface area (Å²) in [5.74, 6) is 0. The maximum atomic E-state index is 4.47. The van der Waals surface area contributed by atoms with E-state index in [9.17, 15) is 0 Å². The number of hydrogen-bond donors (Lipinski definition) is 1. The van der Waals surface area contributed by atoms with Crippen molar-refractivity contribution in [3.05, 3.63) is 0 Å². The van der Waals surface area contributed by atoms with Crippen molar-refractivity contribution in [3.8, 4) is 0 Å². The molecule has 0 aliphatic heterocycles. The zero-order chi connectivity index (χ0) is 8.58. The second kappa shape index (κ2) is 2.77. The summed E-state index contributed by atoms with van der Waals surface area (Å²) in [4.78, 5) is 0. The molecule has 0 saturated carbocycles. The van der Waals surface area contributed by atoms with E-state index in [4.69, 9.17) is 0 Å². The quantitative estimate of drug-likeness (QED) is 0.559. The first-order chi connectivity index (χ1) is 4.19. The molecule has 0 aromatic heterocycles. The predicted molar refractivity (Wildman–Crippen MR) is 51.7 cm³/mol. The zero-order valence-electron chi connectivity index (χ0n) is 8.02. The monoisotopic (exact) mass is 160 g/mol. The molecule has 0 heterocycles. The van der Waals surface area contributed by atoms with Crippen LogP contribution in [-0.4, -0.2) is 5.25 Å². The highest BCUT2D eigenvalue weighted by atomic mass is 32.1. The van der Waals surface area contributed by atoms with E-state index in [2.05, 4.69) is 54.2 Å². The van der Waals surface area contributed by atoms with E-state index in [-0.39, 0.29) is 0 Å². The smallest absolute Gasteiger partial charge is 0.00446 e. The minimum atomic E-state index is 0.302. The van der Waals surface area contributed by atoms with Crippen molar-refractivity contribution in [2.45, 2.75) is 46.8 Å².